The highest BCUT2D eigenvalue weighted by atomic mass is 15.0. The number of nitrogens with two attached hydrogens (primary N) is 1. The number of nitrogens with zero attached hydrogens (tertiary/aromatic N) is 3. The maximum Gasteiger partial charge on any atom is 0.183 e. The zero-order valence-electron chi connectivity index (χ0n) is 8.99. The standard InChI is InChI=1S/C10H15N5/c1-3-6(2)4-7-14-8-9(11)12-5-13-10(8)15-7/h5-6H,3-4H2,1-2H3,(H3,11,12,13,14,15). The molecule has 0 aliphatic rings. The average molecular weight is 205 g/mol. The Morgan fingerprint density at radius 2 is 2.27 bits per heavy atom. The quantitative estimate of drug-likeness (QED) is 0.796. The Balaban J connectivity index is 2.35. The van der Waals surface area contributed by atoms with Crippen molar-refractivity contribution in [3.63, 3.8) is 0 Å². The minimum atomic E-state index is 0.461. The van der Waals surface area contributed by atoms with Gasteiger partial charge in [0.15, 0.2) is 11.5 Å². The van der Waals surface area contributed by atoms with Gasteiger partial charge in [-0.3, -0.25) is 0 Å². The van der Waals surface area contributed by atoms with E-state index in [1.54, 1.807) is 0 Å². The summed E-state index contributed by atoms with van der Waals surface area (Å²) in [5.74, 6) is 2.01. The first-order valence-corrected chi connectivity index (χ1v) is 5.15. The zero-order chi connectivity index (χ0) is 10.8. The van der Waals surface area contributed by atoms with Crippen LogP contribution in [0.3, 0.4) is 0 Å². The monoisotopic (exact) mass is 205 g/mol. The maximum atomic E-state index is 5.71. The van der Waals surface area contributed by atoms with Crippen LogP contribution in [0.1, 0.15) is 26.1 Å². The van der Waals surface area contributed by atoms with Gasteiger partial charge in [0.05, 0.1) is 0 Å². The highest BCUT2D eigenvalue weighted by molar-refractivity contribution is 5.80. The summed E-state index contributed by atoms with van der Waals surface area (Å²) in [5.41, 5.74) is 7.11. The van der Waals surface area contributed by atoms with Crippen molar-refractivity contribution in [3.05, 3.63) is 12.2 Å². The van der Waals surface area contributed by atoms with Crippen molar-refractivity contribution < 1.29 is 0 Å². The van der Waals surface area contributed by atoms with Gasteiger partial charge in [-0.05, 0) is 5.92 Å². The van der Waals surface area contributed by atoms with Crippen LogP contribution in [0.15, 0.2) is 6.33 Å². The number of fused-ring (bicyclic) bond motifs is 1. The molecule has 0 bridgehead atoms. The fourth-order valence-corrected chi connectivity index (χ4v) is 1.47. The lowest BCUT2D eigenvalue weighted by atomic mass is 10.1. The van der Waals surface area contributed by atoms with Crippen molar-refractivity contribution in [2.75, 3.05) is 5.73 Å². The number of hydrogen-bond acceptors (Lipinski definition) is 4. The van der Waals surface area contributed by atoms with E-state index in [-0.39, 0.29) is 0 Å². The van der Waals surface area contributed by atoms with Crippen LogP contribution in [0.5, 0.6) is 0 Å². The third kappa shape index (κ3) is 1.91. The Morgan fingerprint density at radius 3 is 2.93 bits per heavy atom. The number of nitrogen functional groups attached to an aromatic ring is 1. The molecule has 2 aromatic heterocycles. The number of hydrogen-bond donors (Lipinski definition) is 2. The molecule has 80 valence electrons. The molecule has 0 spiro atoms. The highest BCUT2D eigenvalue weighted by Gasteiger charge is 2.09. The van der Waals surface area contributed by atoms with Crippen LogP contribution in [0.4, 0.5) is 5.82 Å². The van der Waals surface area contributed by atoms with E-state index in [2.05, 4.69) is 33.8 Å². The average Bonchev–Trinajstić information content (AvgIpc) is 2.62. The van der Waals surface area contributed by atoms with Crippen molar-refractivity contribution in [2.45, 2.75) is 26.7 Å². The number of aromatic amines is 1. The van der Waals surface area contributed by atoms with Crippen LogP contribution in [-0.4, -0.2) is 19.9 Å². The van der Waals surface area contributed by atoms with Crippen LogP contribution in [0, 0.1) is 5.92 Å². The largest absolute Gasteiger partial charge is 0.382 e. The van der Waals surface area contributed by atoms with E-state index in [1.165, 1.54) is 6.33 Å². The molecule has 0 fully saturated rings. The Bertz CT molecular complexity index is 462. The molecule has 15 heavy (non-hydrogen) atoms. The van der Waals surface area contributed by atoms with Gasteiger partial charge < -0.3 is 10.7 Å². The second-order valence-corrected chi connectivity index (χ2v) is 3.86. The predicted octanol–water partition coefficient (Wildman–Crippen LogP) is 1.52. The van der Waals surface area contributed by atoms with Gasteiger partial charge >= 0.3 is 0 Å². The first kappa shape index (κ1) is 9.89. The van der Waals surface area contributed by atoms with Gasteiger partial charge in [0, 0.05) is 6.42 Å². The van der Waals surface area contributed by atoms with Gasteiger partial charge in [-0.1, -0.05) is 20.3 Å². The highest BCUT2D eigenvalue weighted by Crippen LogP contribution is 2.16. The molecule has 2 rings (SSSR count). The summed E-state index contributed by atoms with van der Waals surface area (Å²) in [6, 6.07) is 0. The SMILES string of the molecule is CCC(C)Cc1nc2ncnc(N)c2[nH]1. The number of rotatable bonds is 3. The molecule has 1 unspecified atom stereocenters. The number of nitrogens with one attached hydrogen (secondary N) is 1. The van der Waals surface area contributed by atoms with E-state index in [1.807, 2.05) is 0 Å². The van der Waals surface area contributed by atoms with Gasteiger partial charge in [0.2, 0.25) is 0 Å². The molecule has 0 aliphatic carbocycles. The summed E-state index contributed by atoms with van der Waals surface area (Å²) < 4.78 is 0. The first-order chi connectivity index (χ1) is 7.20. The molecule has 2 heterocycles. The minimum absolute atomic E-state index is 0.461. The summed E-state index contributed by atoms with van der Waals surface area (Å²) in [6.07, 6.45) is 3.50. The number of aromatic nitrogens is 4. The fraction of sp³-hybridized carbons (Fsp3) is 0.500. The van der Waals surface area contributed by atoms with E-state index in [0.29, 0.717) is 17.4 Å². The van der Waals surface area contributed by atoms with Crippen molar-refractivity contribution in [2.24, 2.45) is 5.92 Å². The molecule has 0 saturated heterocycles. The van der Waals surface area contributed by atoms with Gasteiger partial charge in [-0.15, -0.1) is 0 Å². The van der Waals surface area contributed by atoms with E-state index in [9.17, 15) is 0 Å². The number of anilines is 1. The third-order valence-electron chi connectivity index (χ3n) is 2.61. The van der Waals surface area contributed by atoms with Crippen molar-refractivity contribution in [1.29, 1.82) is 0 Å². The van der Waals surface area contributed by atoms with E-state index >= 15 is 0 Å². The maximum absolute atomic E-state index is 5.71. The Hall–Kier alpha value is -1.65. The normalized spacial score (nSPS) is 13.2. The van der Waals surface area contributed by atoms with Crippen LogP contribution in [0.2, 0.25) is 0 Å². The molecule has 0 amide bonds. The number of H-pyrrole nitrogens is 1. The summed E-state index contributed by atoms with van der Waals surface area (Å²) in [4.78, 5) is 15.5. The molecule has 1 atom stereocenters. The molecule has 5 heteroatoms. The molecule has 0 radical (unpaired) electrons. The van der Waals surface area contributed by atoms with Crippen LogP contribution < -0.4 is 5.73 Å². The third-order valence-corrected chi connectivity index (χ3v) is 2.61. The molecule has 0 aliphatic heterocycles. The topological polar surface area (TPSA) is 80.5 Å². The molecular formula is C10H15N5. The zero-order valence-corrected chi connectivity index (χ0v) is 8.99. The van der Waals surface area contributed by atoms with Gasteiger partial charge in [0.1, 0.15) is 17.7 Å². The molecule has 0 aromatic carbocycles. The van der Waals surface area contributed by atoms with Crippen LogP contribution in [-0.2, 0) is 6.42 Å². The Kier molecular flexibility index (Phi) is 2.53. The molecule has 0 saturated carbocycles. The lowest BCUT2D eigenvalue weighted by molar-refractivity contribution is 0.547. The van der Waals surface area contributed by atoms with Crippen molar-refractivity contribution in [3.8, 4) is 0 Å². The second kappa shape index (κ2) is 3.84. The van der Waals surface area contributed by atoms with Crippen LogP contribution >= 0.6 is 0 Å². The summed E-state index contributed by atoms with van der Waals surface area (Å²) in [6.45, 7) is 4.36. The number of imidazole rings is 1. The predicted molar refractivity (Wildman–Crippen MR) is 59.3 cm³/mol. The summed E-state index contributed by atoms with van der Waals surface area (Å²) >= 11 is 0. The Morgan fingerprint density at radius 1 is 1.47 bits per heavy atom. The van der Waals surface area contributed by atoms with E-state index in [4.69, 9.17) is 5.73 Å². The summed E-state index contributed by atoms with van der Waals surface area (Å²) in [7, 11) is 0. The van der Waals surface area contributed by atoms with E-state index < -0.39 is 0 Å². The Labute approximate surface area is 88.1 Å². The molecule has 2 aromatic rings. The fourth-order valence-electron chi connectivity index (χ4n) is 1.47. The van der Waals surface area contributed by atoms with Gasteiger partial charge in [-0.25, -0.2) is 15.0 Å². The minimum Gasteiger partial charge on any atom is -0.382 e. The molecule has 5 nitrogen and oxygen atoms in total. The van der Waals surface area contributed by atoms with E-state index in [0.717, 1.165) is 24.2 Å². The van der Waals surface area contributed by atoms with Gasteiger partial charge in [-0.2, -0.15) is 0 Å². The van der Waals surface area contributed by atoms with Gasteiger partial charge in [0.25, 0.3) is 0 Å². The van der Waals surface area contributed by atoms with Crippen molar-refractivity contribution >= 4 is 17.0 Å². The first-order valence-electron chi connectivity index (χ1n) is 5.15. The van der Waals surface area contributed by atoms with Crippen molar-refractivity contribution in [1.82, 2.24) is 19.9 Å². The summed E-state index contributed by atoms with van der Waals surface area (Å²) in [5, 5.41) is 0. The molecule has 3 N–H and O–H groups in total. The smallest absolute Gasteiger partial charge is 0.183 e. The molecular weight excluding hydrogens is 190 g/mol. The lowest BCUT2D eigenvalue weighted by Gasteiger charge is -2.03. The van der Waals surface area contributed by atoms with Crippen LogP contribution in [0.25, 0.3) is 11.2 Å². The second-order valence-electron chi connectivity index (χ2n) is 3.86. The lowest BCUT2D eigenvalue weighted by Crippen LogP contribution is -1.99.